The highest BCUT2D eigenvalue weighted by atomic mass is 16.4. The summed E-state index contributed by atoms with van der Waals surface area (Å²) in [5.74, 6) is -0.967. The highest BCUT2D eigenvalue weighted by Gasteiger charge is 2.05. The molecule has 4 heteroatoms. The van der Waals surface area contributed by atoms with Crippen LogP contribution in [0.3, 0.4) is 0 Å². The van der Waals surface area contributed by atoms with Gasteiger partial charge in [0.25, 0.3) is 0 Å². The lowest BCUT2D eigenvalue weighted by molar-refractivity contribution is 0.0697. The summed E-state index contributed by atoms with van der Waals surface area (Å²) in [5.41, 5.74) is 0.936. The zero-order valence-electron chi connectivity index (χ0n) is 7.18. The molecule has 0 unspecified atom stereocenters. The molecular formula is C10H7NO3. The fourth-order valence-electron chi connectivity index (χ4n) is 1.39. The Morgan fingerprint density at radius 3 is 2.79 bits per heavy atom. The number of carbonyl (C=O) groups excluding carboxylic acids is 1. The Morgan fingerprint density at radius 1 is 1.36 bits per heavy atom. The molecule has 0 saturated carbocycles. The van der Waals surface area contributed by atoms with Gasteiger partial charge >= 0.3 is 5.97 Å². The first-order valence-corrected chi connectivity index (χ1v) is 4.01. The van der Waals surface area contributed by atoms with E-state index in [4.69, 9.17) is 5.11 Å². The van der Waals surface area contributed by atoms with Crippen LogP contribution in [0.1, 0.15) is 10.4 Å². The minimum atomic E-state index is -0.967. The maximum absolute atomic E-state index is 10.6. The van der Waals surface area contributed by atoms with Crippen molar-refractivity contribution >= 4 is 23.3 Å². The van der Waals surface area contributed by atoms with Crippen LogP contribution in [0.15, 0.2) is 30.5 Å². The molecule has 2 rings (SSSR count). The molecule has 1 N–H and O–H groups in total. The second-order valence-electron chi connectivity index (χ2n) is 2.91. The fraction of sp³-hybridized carbons (Fsp3) is 0. The molecule has 0 saturated heterocycles. The van der Waals surface area contributed by atoms with Crippen molar-refractivity contribution in [1.29, 1.82) is 0 Å². The predicted octanol–water partition coefficient (Wildman–Crippen LogP) is 1.38. The van der Waals surface area contributed by atoms with Crippen molar-refractivity contribution in [3.05, 3.63) is 36.0 Å². The van der Waals surface area contributed by atoms with E-state index in [1.165, 1.54) is 16.7 Å². The van der Waals surface area contributed by atoms with Crippen LogP contribution in [0, 0.1) is 0 Å². The van der Waals surface area contributed by atoms with Gasteiger partial charge in [-0.15, -0.1) is 0 Å². The molecule has 0 aliphatic rings. The number of fused-ring (bicyclic) bond motifs is 1. The molecule has 0 radical (unpaired) electrons. The highest BCUT2D eigenvalue weighted by Crippen LogP contribution is 2.16. The van der Waals surface area contributed by atoms with Gasteiger partial charge in [0, 0.05) is 11.6 Å². The van der Waals surface area contributed by atoms with Gasteiger partial charge in [0.15, 0.2) is 0 Å². The molecule has 0 bridgehead atoms. The average Bonchev–Trinajstić information content (AvgIpc) is 2.59. The largest absolute Gasteiger partial charge is 0.478 e. The van der Waals surface area contributed by atoms with Crippen molar-refractivity contribution in [1.82, 2.24) is 4.57 Å². The van der Waals surface area contributed by atoms with Gasteiger partial charge in [-0.05, 0) is 24.3 Å². The summed E-state index contributed by atoms with van der Waals surface area (Å²) in [6.07, 6.45) is 2.28. The number of carbonyl (C=O) groups is 2. The summed E-state index contributed by atoms with van der Waals surface area (Å²) < 4.78 is 1.40. The van der Waals surface area contributed by atoms with Crippen molar-refractivity contribution in [2.24, 2.45) is 0 Å². The van der Waals surface area contributed by atoms with Gasteiger partial charge in [0.05, 0.1) is 11.1 Å². The summed E-state index contributed by atoms with van der Waals surface area (Å²) in [6, 6.07) is 6.34. The lowest BCUT2D eigenvalue weighted by Gasteiger charge is -1.96. The van der Waals surface area contributed by atoms with Gasteiger partial charge in [0.2, 0.25) is 6.41 Å². The maximum Gasteiger partial charge on any atom is 0.335 e. The molecule has 0 aliphatic heterocycles. The standard InChI is InChI=1S/C10H7NO3/c12-6-11-4-3-7-5-8(10(13)14)1-2-9(7)11/h1-6H,(H,13,14). The summed E-state index contributed by atoms with van der Waals surface area (Å²) in [5, 5.41) is 9.48. The number of rotatable bonds is 2. The third-order valence-electron chi connectivity index (χ3n) is 2.08. The molecule has 1 aromatic carbocycles. The molecule has 0 fully saturated rings. The number of carboxylic acids is 1. The van der Waals surface area contributed by atoms with Crippen molar-refractivity contribution in [3.8, 4) is 0 Å². The molecule has 0 aliphatic carbocycles. The van der Waals surface area contributed by atoms with Gasteiger partial charge in [-0.25, -0.2) is 4.79 Å². The Kier molecular flexibility index (Phi) is 1.81. The second-order valence-corrected chi connectivity index (χ2v) is 2.91. The number of nitrogens with zero attached hydrogens (tertiary/aromatic N) is 1. The second kappa shape index (κ2) is 2.99. The molecule has 0 atom stereocenters. The van der Waals surface area contributed by atoms with Gasteiger partial charge in [-0.1, -0.05) is 0 Å². The first kappa shape index (κ1) is 8.50. The van der Waals surface area contributed by atoms with Crippen molar-refractivity contribution in [2.75, 3.05) is 0 Å². The molecule has 0 amide bonds. The van der Waals surface area contributed by atoms with Crippen LogP contribution in [-0.2, 0) is 4.79 Å². The topological polar surface area (TPSA) is 59.3 Å². The fourth-order valence-corrected chi connectivity index (χ4v) is 1.39. The van der Waals surface area contributed by atoms with Crippen LogP contribution in [0.2, 0.25) is 0 Å². The quantitative estimate of drug-likeness (QED) is 0.726. The summed E-state index contributed by atoms with van der Waals surface area (Å²) in [4.78, 5) is 21.2. The van der Waals surface area contributed by atoms with Gasteiger partial charge in [0.1, 0.15) is 0 Å². The number of aromatic carboxylic acids is 1. The predicted molar refractivity (Wildman–Crippen MR) is 51.0 cm³/mol. The van der Waals surface area contributed by atoms with E-state index in [0.29, 0.717) is 11.9 Å². The Morgan fingerprint density at radius 2 is 2.14 bits per heavy atom. The lowest BCUT2D eigenvalue weighted by atomic mass is 10.1. The molecule has 1 heterocycles. The van der Waals surface area contributed by atoms with Crippen LogP contribution < -0.4 is 0 Å². The van der Waals surface area contributed by atoms with Gasteiger partial charge < -0.3 is 5.11 Å². The summed E-state index contributed by atoms with van der Waals surface area (Å²) in [6.45, 7) is 0. The highest BCUT2D eigenvalue weighted by molar-refractivity contribution is 5.94. The minimum Gasteiger partial charge on any atom is -0.478 e. The number of carboxylic acid groups (broad SMARTS) is 1. The van der Waals surface area contributed by atoms with E-state index in [1.54, 1.807) is 18.3 Å². The molecule has 2 aromatic rings. The number of hydrogen-bond acceptors (Lipinski definition) is 2. The maximum atomic E-state index is 10.6. The van der Waals surface area contributed by atoms with E-state index < -0.39 is 5.97 Å². The Hall–Kier alpha value is -2.10. The Balaban J connectivity index is 2.68. The molecule has 0 spiro atoms. The van der Waals surface area contributed by atoms with Crippen LogP contribution in [0.4, 0.5) is 0 Å². The van der Waals surface area contributed by atoms with Crippen molar-refractivity contribution in [3.63, 3.8) is 0 Å². The number of hydrogen-bond donors (Lipinski definition) is 1. The van der Waals surface area contributed by atoms with Crippen molar-refractivity contribution in [2.45, 2.75) is 0 Å². The van der Waals surface area contributed by atoms with E-state index in [-0.39, 0.29) is 5.56 Å². The molecule has 14 heavy (non-hydrogen) atoms. The molecule has 4 nitrogen and oxygen atoms in total. The van der Waals surface area contributed by atoms with Crippen LogP contribution in [0.25, 0.3) is 10.9 Å². The SMILES string of the molecule is O=Cn1ccc2cc(C(=O)O)ccc21. The normalized spacial score (nSPS) is 10.3. The minimum absolute atomic E-state index is 0.223. The van der Waals surface area contributed by atoms with Crippen LogP contribution >= 0.6 is 0 Å². The molecule has 70 valence electrons. The average molecular weight is 189 g/mol. The zero-order valence-corrected chi connectivity index (χ0v) is 7.18. The molecular weight excluding hydrogens is 182 g/mol. The third kappa shape index (κ3) is 1.17. The lowest BCUT2D eigenvalue weighted by Crippen LogP contribution is -1.96. The monoisotopic (exact) mass is 189 g/mol. The first-order valence-electron chi connectivity index (χ1n) is 4.01. The smallest absolute Gasteiger partial charge is 0.335 e. The number of aromatic nitrogens is 1. The van der Waals surface area contributed by atoms with E-state index in [9.17, 15) is 9.59 Å². The van der Waals surface area contributed by atoms with Crippen LogP contribution in [0.5, 0.6) is 0 Å². The van der Waals surface area contributed by atoms with E-state index in [2.05, 4.69) is 0 Å². The molecule has 1 aromatic heterocycles. The Bertz CT molecular complexity index is 513. The van der Waals surface area contributed by atoms with E-state index >= 15 is 0 Å². The van der Waals surface area contributed by atoms with Crippen molar-refractivity contribution < 1.29 is 14.7 Å². The van der Waals surface area contributed by atoms with Gasteiger partial charge in [-0.2, -0.15) is 0 Å². The summed E-state index contributed by atoms with van der Waals surface area (Å²) >= 11 is 0. The van der Waals surface area contributed by atoms with Gasteiger partial charge in [-0.3, -0.25) is 9.36 Å². The Labute approximate surface area is 79.4 Å². The third-order valence-corrected chi connectivity index (χ3v) is 2.08. The van der Waals surface area contributed by atoms with E-state index in [1.807, 2.05) is 0 Å². The summed E-state index contributed by atoms with van der Waals surface area (Å²) in [7, 11) is 0. The number of benzene rings is 1. The zero-order chi connectivity index (χ0) is 10.1. The first-order chi connectivity index (χ1) is 6.72. The van der Waals surface area contributed by atoms with Crippen LogP contribution in [-0.4, -0.2) is 22.1 Å². The van der Waals surface area contributed by atoms with E-state index in [0.717, 1.165) is 5.39 Å².